The van der Waals surface area contributed by atoms with Crippen LogP contribution in [0.2, 0.25) is 0 Å². The van der Waals surface area contributed by atoms with Gasteiger partial charge in [0, 0.05) is 19.2 Å². The summed E-state index contributed by atoms with van der Waals surface area (Å²) in [4.78, 5) is 27.2. The number of sulfone groups is 1. The lowest BCUT2D eigenvalue weighted by molar-refractivity contribution is -0.142. The minimum absolute atomic E-state index is 0.0424. The average molecular weight is 396 g/mol. The summed E-state index contributed by atoms with van der Waals surface area (Å²) in [6, 6.07) is 4.62. The predicted octanol–water partition coefficient (Wildman–Crippen LogP) is 1.07. The quantitative estimate of drug-likeness (QED) is 0.722. The van der Waals surface area contributed by atoms with E-state index in [1.54, 1.807) is 25.2 Å². The number of nitrogens with zero attached hydrogens (tertiary/aromatic N) is 1. The number of anilines is 1. The van der Waals surface area contributed by atoms with Crippen molar-refractivity contribution in [1.82, 2.24) is 4.90 Å². The summed E-state index contributed by atoms with van der Waals surface area (Å²) in [5.74, 6) is 0.334. The van der Waals surface area contributed by atoms with Crippen molar-refractivity contribution in [2.24, 2.45) is 5.41 Å². The van der Waals surface area contributed by atoms with Crippen molar-refractivity contribution >= 4 is 27.3 Å². The van der Waals surface area contributed by atoms with E-state index in [2.05, 4.69) is 5.32 Å². The van der Waals surface area contributed by atoms with Crippen molar-refractivity contribution in [3.8, 4) is 11.5 Å². The second-order valence-electron chi connectivity index (χ2n) is 7.08. The van der Waals surface area contributed by atoms with E-state index in [9.17, 15) is 18.0 Å². The third-order valence-corrected chi connectivity index (χ3v) is 7.08. The molecule has 1 aliphatic heterocycles. The van der Waals surface area contributed by atoms with Gasteiger partial charge < -0.3 is 19.7 Å². The van der Waals surface area contributed by atoms with E-state index in [1.807, 2.05) is 0 Å². The van der Waals surface area contributed by atoms with Gasteiger partial charge in [-0.25, -0.2) is 8.42 Å². The summed E-state index contributed by atoms with van der Waals surface area (Å²) in [6.07, 6.45) is 1.30. The smallest absolute Gasteiger partial charge is 0.240 e. The Morgan fingerprint density at radius 1 is 1.22 bits per heavy atom. The van der Waals surface area contributed by atoms with Crippen molar-refractivity contribution in [1.29, 1.82) is 0 Å². The summed E-state index contributed by atoms with van der Waals surface area (Å²) in [5, 5.41) is 2.77. The maximum absolute atomic E-state index is 12.9. The zero-order chi connectivity index (χ0) is 19.8. The van der Waals surface area contributed by atoms with Crippen LogP contribution in [0.3, 0.4) is 0 Å². The molecule has 1 aliphatic carbocycles. The SMILES string of the molecule is COc1ccc(NC(=O)C2(C(=O)N(C)C3CCS(=O)(=O)C3)CC2)c(OC)c1. The zero-order valence-corrected chi connectivity index (χ0v) is 16.5. The van der Waals surface area contributed by atoms with Crippen LogP contribution in [0.15, 0.2) is 18.2 Å². The van der Waals surface area contributed by atoms with Crippen LogP contribution >= 0.6 is 0 Å². The highest BCUT2D eigenvalue weighted by atomic mass is 32.2. The van der Waals surface area contributed by atoms with Gasteiger partial charge in [0.25, 0.3) is 0 Å². The average Bonchev–Trinajstić information content (AvgIpc) is 3.38. The van der Waals surface area contributed by atoms with E-state index < -0.39 is 21.2 Å². The van der Waals surface area contributed by atoms with E-state index in [-0.39, 0.29) is 23.5 Å². The van der Waals surface area contributed by atoms with Gasteiger partial charge in [-0.05, 0) is 31.4 Å². The maximum Gasteiger partial charge on any atom is 0.240 e. The number of benzene rings is 1. The normalized spacial score (nSPS) is 22.0. The van der Waals surface area contributed by atoms with Crippen LogP contribution in [0.4, 0.5) is 5.69 Å². The number of nitrogens with one attached hydrogen (secondary N) is 1. The third kappa shape index (κ3) is 3.73. The molecule has 2 amide bonds. The minimum Gasteiger partial charge on any atom is -0.497 e. The molecule has 1 heterocycles. The molecule has 1 saturated carbocycles. The van der Waals surface area contributed by atoms with E-state index in [0.717, 1.165) is 0 Å². The second kappa shape index (κ2) is 7.03. The molecule has 8 nitrogen and oxygen atoms in total. The van der Waals surface area contributed by atoms with Crippen LogP contribution in [0.25, 0.3) is 0 Å². The lowest BCUT2D eigenvalue weighted by Crippen LogP contribution is -2.46. The van der Waals surface area contributed by atoms with Gasteiger partial charge in [0.15, 0.2) is 9.84 Å². The number of rotatable bonds is 6. The van der Waals surface area contributed by atoms with Crippen LogP contribution in [0.5, 0.6) is 11.5 Å². The first-order valence-electron chi connectivity index (χ1n) is 8.73. The van der Waals surface area contributed by atoms with Crippen molar-refractivity contribution < 1.29 is 27.5 Å². The molecule has 1 saturated heterocycles. The Morgan fingerprint density at radius 3 is 2.44 bits per heavy atom. The largest absolute Gasteiger partial charge is 0.497 e. The zero-order valence-electron chi connectivity index (χ0n) is 15.6. The van der Waals surface area contributed by atoms with Gasteiger partial charge in [0.1, 0.15) is 16.9 Å². The molecule has 2 fully saturated rings. The first-order valence-corrected chi connectivity index (χ1v) is 10.6. The van der Waals surface area contributed by atoms with Crippen LogP contribution in [0, 0.1) is 5.41 Å². The molecule has 1 aromatic carbocycles. The number of carbonyl (C=O) groups excluding carboxylic acids is 2. The van der Waals surface area contributed by atoms with Crippen molar-refractivity contribution in [2.45, 2.75) is 25.3 Å². The summed E-state index contributed by atoms with van der Waals surface area (Å²) in [7, 11) is 1.49. The molecule has 9 heteroatoms. The van der Waals surface area contributed by atoms with E-state index in [0.29, 0.717) is 36.4 Å². The molecule has 3 rings (SSSR count). The lowest BCUT2D eigenvalue weighted by Gasteiger charge is -2.27. The highest BCUT2D eigenvalue weighted by molar-refractivity contribution is 7.91. The predicted molar refractivity (Wildman–Crippen MR) is 99.7 cm³/mol. The Hall–Kier alpha value is -2.29. The first-order chi connectivity index (χ1) is 12.7. The fourth-order valence-corrected chi connectivity index (χ4v) is 5.17. The summed E-state index contributed by atoms with van der Waals surface area (Å²) in [5.41, 5.74) is -0.681. The number of ether oxygens (including phenoxy) is 2. The molecule has 0 aromatic heterocycles. The monoisotopic (exact) mass is 396 g/mol. The van der Waals surface area contributed by atoms with Crippen molar-refractivity contribution in [2.75, 3.05) is 38.1 Å². The van der Waals surface area contributed by atoms with Gasteiger partial charge in [0.2, 0.25) is 11.8 Å². The molecular formula is C18H24N2O6S. The third-order valence-electron chi connectivity index (χ3n) is 5.33. The Balaban J connectivity index is 1.74. The molecule has 2 aliphatic rings. The van der Waals surface area contributed by atoms with Crippen molar-refractivity contribution in [3.63, 3.8) is 0 Å². The number of carbonyl (C=O) groups is 2. The molecule has 27 heavy (non-hydrogen) atoms. The van der Waals surface area contributed by atoms with Crippen LogP contribution in [-0.4, -0.2) is 63.9 Å². The van der Waals surface area contributed by atoms with Gasteiger partial charge in [-0.1, -0.05) is 0 Å². The molecular weight excluding hydrogens is 372 g/mol. The highest BCUT2D eigenvalue weighted by Gasteiger charge is 2.58. The summed E-state index contributed by atoms with van der Waals surface area (Å²) in [6.45, 7) is 0. The topological polar surface area (TPSA) is 102 Å². The van der Waals surface area contributed by atoms with E-state index >= 15 is 0 Å². The van der Waals surface area contributed by atoms with Crippen LogP contribution in [0.1, 0.15) is 19.3 Å². The fourth-order valence-electron chi connectivity index (χ4n) is 3.39. The molecule has 148 valence electrons. The Bertz CT molecular complexity index is 863. The van der Waals surface area contributed by atoms with E-state index in [1.165, 1.54) is 19.1 Å². The number of amides is 2. The van der Waals surface area contributed by atoms with E-state index in [4.69, 9.17) is 9.47 Å². The molecule has 0 radical (unpaired) electrons. The Morgan fingerprint density at radius 2 is 1.93 bits per heavy atom. The molecule has 0 bridgehead atoms. The van der Waals surface area contributed by atoms with Crippen molar-refractivity contribution in [3.05, 3.63) is 18.2 Å². The second-order valence-corrected chi connectivity index (χ2v) is 9.30. The number of hydrogen-bond acceptors (Lipinski definition) is 6. The van der Waals surface area contributed by atoms with Crippen LogP contribution in [-0.2, 0) is 19.4 Å². The van der Waals surface area contributed by atoms with Gasteiger partial charge >= 0.3 is 0 Å². The number of hydrogen-bond donors (Lipinski definition) is 1. The number of methoxy groups -OCH3 is 2. The molecule has 1 atom stereocenters. The lowest BCUT2D eigenvalue weighted by atomic mass is 10.0. The van der Waals surface area contributed by atoms with Gasteiger partial charge in [-0.15, -0.1) is 0 Å². The maximum atomic E-state index is 12.9. The fraction of sp³-hybridized carbons (Fsp3) is 0.556. The molecule has 1 aromatic rings. The minimum atomic E-state index is -3.11. The molecule has 0 spiro atoms. The Labute approximate surface area is 158 Å². The molecule has 1 N–H and O–H groups in total. The standard InChI is InChI=1S/C18H24N2O6S/c1-20(12-6-9-27(23,24)11-12)17(22)18(7-8-18)16(21)19-14-5-4-13(25-2)10-15(14)26-3/h4-5,10,12H,6-9,11H2,1-3H3,(H,19,21). The summed E-state index contributed by atoms with van der Waals surface area (Å²) < 4.78 is 33.8. The van der Waals surface area contributed by atoms with Crippen LogP contribution < -0.4 is 14.8 Å². The molecule has 1 unspecified atom stereocenters. The Kier molecular flexibility index (Phi) is 5.07. The first kappa shape index (κ1) is 19.5. The van der Waals surface area contributed by atoms with Gasteiger partial charge in [-0.2, -0.15) is 0 Å². The highest BCUT2D eigenvalue weighted by Crippen LogP contribution is 2.49. The van der Waals surface area contributed by atoms with Gasteiger partial charge in [-0.3, -0.25) is 9.59 Å². The summed E-state index contributed by atoms with van der Waals surface area (Å²) >= 11 is 0. The van der Waals surface area contributed by atoms with Gasteiger partial charge in [0.05, 0.1) is 31.4 Å².